The monoisotopic (exact) mass is 287 g/mol. The Hall–Kier alpha value is -1.40. The van der Waals surface area contributed by atoms with Crippen molar-refractivity contribution in [2.75, 3.05) is 11.9 Å². The van der Waals surface area contributed by atoms with Crippen molar-refractivity contribution in [3.63, 3.8) is 0 Å². The molecule has 0 atom stereocenters. The number of nitrogens with zero attached hydrogens (tertiary/aromatic N) is 1. The van der Waals surface area contributed by atoms with Gasteiger partial charge in [-0.2, -0.15) is 0 Å². The number of nitrogens with one attached hydrogen (secondary N) is 2. The van der Waals surface area contributed by atoms with E-state index < -0.39 is 4.92 Å². The lowest BCUT2D eigenvalue weighted by Gasteiger charge is -2.12. The van der Waals surface area contributed by atoms with Crippen LogP contribution in [0.5, 0.6) is 0 Å². The molecule has 0 unspecified atom stereocenters. The number of anilines is 1. The van der Waals surface area contributed by atoms with Crippen molar-refractivity contribution in [2.24, 2.45) is 5.92 Å². The van der Waals surface area contributed by atoms with Crippen molar-refractivity contribution in [1.82, 2.24) is 5.32 Å². The Morgan fingerprint density at radius 2 is 2.22 bits per heavy atom. The summed E-state index contributed by atoms with van der Waals surface area (Å²) in [5.74, 6) is 0.449. The van der Waals surface area contributed by atoms with Gasteiger partial charge in [-0.05, 0) is 24.2 Å². The van der Waals surface area contributed by atoms with E-state index in [1.807, 2.05) is 0 Å². The summed E-state index contributed by atoms with van der Waals surface area (Å²) in [5, 5.41) is 17.3. The lowest BCUT2D eigenvalue weighted by atomic mass is 10.2. The molecule has 0 spiro atoms. The number of rotatable bonds is 4. The zero-order valence-corrected chi connectivity index (χ0v) is 11.6. The second-order valence-corrected chi connectivity index (χ2v) is 4.97. The van der Waals surface area contributed by atoms with Crippen molar-refractivity contribution in [2.45, 2.75) is 13.8 Å². The molecule has 0 heterocycles. The van der Waals surface area contributed by atoms with Crippen LogP contribution < -0.4 is 10.6 Å². The van der Waals surface area contributed by atoms with E-state index in [-0.39, 0.29) is 5.69 Å². The first kappa shape index (κ1) is 14.7. The summed E-state index contributed by atoms with van der Waals surface area (Å²) in [7, 11) is 0. The summed E-state index contributed by atoms with van der Waals surface area (Å²) < 4.78 is 0. The average molecular weight is 288 g/mol. The first-order valence-electron chi connectivity index (χ1n) is 5.39. The van der Waals surface area contributed by atoms with E-state index in [2.05, 4.69) is 24.5 Å². The van der Waals surface area contributed by atoms with Crippen LogP contribution in [0.25, 0.3) is 0 Å². The Kier molecular flexibility index (Phi) is 5.30. The highest BCUT2D eigenvalue weighted by Gasteiger charge is 2.10. The first-order chi connectivity index (χ1) is 8.40. The molecule has 0 saturated heterocycles. The highest BCUT2D eigenvalue weighted by molar-refractivity contribution is 7.80. The van der Waals surface area contributed by atoms with Gasteiger partial charge in [-0.3, -0.25) is 10.1 Å². The van der Waals surface area contributed by atoms with E-state index in [1.165, 1.54) is 18.2 Å². The molecule has 2 N–H and O–H groups in total. The third-order valence-corrected chi connectivity index (χ3v) is 2.66. The Labute approximate surface area is 116 Å². The van der Waals surface area contributed by atoms with Crippen LogP contribution in [0.2, 0.25) is 5.02 Å². The molecule has 0 fully saturated rings. The van der Waals surface area contributed by atoms with Gasteiger partial charge in [0.25, 0.3) is 5.69 Å². The molecule has 0 bridgehead atoms. The van der Waals surface area contributed by atoms with Crippen LogP contribution in [-0.4, -0.2) is 16.6 Å². The summed E-state index contributed by atoms with van der Waals surface area (Å²) in [6, 6.07) is 4.16. The van der Waals surface area contributed by atoms with Gasteiger partial charge in [0, 0.05) is 18.7 Å². The largest absolute Gasteiger partial charge is 0.362 e. The van der Waals surface area contributed by atoms with E-state index in [0.29, 0.717) is 21.7 Å². The fraction of sp³-hybridized carbons (Fsp3) is 0.364. The van der Waals surface area contributed by atoms with Crippen molar-refractivity contribution in [3.05, 3.63) is 33.3 Å². The Bertz CT molecular complexity index is 466. The lowest BCUT2D eigenvalue weighted by Crippen LogP contribution is -2.31. The summed E-state index contributed by atoms with van der Waals surface area (Å²) in [6.45, 7) is 4.82. The van der Waals surface area contributed by atoms with Crippen LogP contribution in [0, 0.1) is 16.0 Å². The summed E-state index contributed by atoms with van der Waals surface area (Å²) in [4.78, 5) is 10.2. The molecule has 0 saturated carbocycles. The topological polar surface area (TPSA) is 67.2 Å². The van der Waals surface area contributed by atoms with Crippen molar-refractivity contribution >= 4 is 40.3 Å². The second kappa shape index (κ2) is 6.51. The third-order valence-electron chi connectivity index (χ3n) is 2.08. The Morgan fingerprint density at radius 1 is 1.56 bits per heavy atom. The van der Waals surface area contributed by atoms with Crippen LogP contribution in [0.1, 0.15) is 13.8 Å². The molecule has 0 aliphatic rings. The fourth-order valence-corrected chi connectivity index (χ4v) is 1.54. The fourth-order valence-electron chi connectivity index (χ4n) is 1.19. The van der Waals surface area contributed by atoms with Crippen LogP contribution in [-0.2, 0) is 0 Å². The van der Waals surface area contributed by atoms with Gasteiger partial charge >= 0.3 is 0 Å². The van der Waals surface area contributed by atoms with Gasteiger partial charge in [0.2, 0.25) is 0 Å². The minimum Gasteiger partial charge on any atom is -0.362 e. The van der Waals surface area contributed by atoms with Crippen molar-refractivity contribution in [3.8, 4) is 0 Å². The summed E-state index contributed by atoms with van der Waals surface area (Å²) in [5.41, 5.74) is 0.390. The van der Waals surface area contributed by atoms with E-state index >= 15 is 0 Å². The van der Waals surface area contributed by atoms with E-state index in [1.54, 1.807) is 0 Å². The van der Waals surface area contributed by atoms with Gasteiger partial charge in [0.05, 0.1) is 15.6 Å². The van der Waals surface area contributed by atoms with E-state index in [0.717, 1.165) is 6.54 Å². The number of nitro benzene ring substituents is 1. The maximum atomic E-state index is 10.7. The quantitative estimate of drug-likeness (QED) is 0.506. The van der Waals surface area contributed by atoms with Crippen LogP contribution in [0.4, 0.5) is 11.4 Å². The van der Waals surface area contributed by atoms with E-state index in [9.17, 15) is 10.1 Å². The molecule has 0 radical (unpaired) electrons. The van der Waals surface area contributed by atoms with Crippen molar-refractivity contribution in [1.29, 1.82) is 0 Å². The standard InChI is InChI=1S/C11H14ClN3O2S/c1-7(2)6-13-11(18)14-10-5-8(15(16)17)3-4-9(10)12/h3-5,7H,6H2,1-2H3,(H2,13,14,18). The SMILES string of the molecule is CC(C)CNC(=S)Nc1cc([N+](=O)[O-])ccc1Cl. The predicted octanol–water partition coefficient (Wildman–Crippen LogP) is 3.19. The lowest BCUT2D eigenvalue weighted by molar-refractivity contribution is -0.384. The molecule has 0 amide bonds. The molecule has 18 heavy (non-hydrogen) atoms. The number of non-ortho nitro benzene ring substituents is 1. The van der Waals surface area contributed by atoms with Gasteiger partial charge in [-0.15, -0.1) is 0 Å². The first-order valence-corrected chi connectivity index (χ1v) is 6.17. The molecular formula is C11H14ClN3O2S. The number of benzene rings is 1. The smallest absolute Gasteiger partial charge is 0.271 e. The maximum absolute atomic E-state index is 10.7. The number of nitro groups is 1. The number of thiocarbonyl (C=S) groups is 1. The molecule has 1 aromatic rings. The highest BCUT2D eigenvalue weighted by Crippen LogP contribution is 2.26. The van der Waals surface area contributed by atoms with Gasteiger partial charge in [-0.1, -0.05) is 25.4 Å². The van der Waals surface area contributed by atoms with Gasteiger partial charge in [0.1, 0.15) is 0 Å². The Morgan fingerprint density at radius 3 is 2.78 bits per heavy atom. The number of hydrogen-bond acceptors (Lipinski definition) is 3. The molecule has 7 heteroatoms. The van der Waals surface area contributed by atoms with E-state index in [4.69, 9.17) is 23.8 Å². The molecule has 0 aliphatic carbocycles. The van der Waals surface area contributed by atoms with Crippen molar-refractivity contribution < 1.29 is 4.92 Å². The molecular weight excluding hydrogens is 274 g/mol. The predicted molar refractivity (Wildman–Crippen MR) is 77.2 cm³/mol. The van der Waals surface area contributed by atoms with Crippen LogP contribution in [0.3, 0.4) is 0 Å². The highest BCUT2D eigenvalue weighted by atomic mass is 35.5. The molecule has 1 aromatic carbocycles. The molecule has 0 aromatic heterocycles. The normalized spacial score (nSPS) is 10.2. The minimum absolute atomic E-state index is 0.0337. The third kappa shape index (κ3) is 4.46. The summed E-state index contributed by atoms with van der Waals surface area (Å²) >= 11 is 11.0. The summed E-state index contributed by atoms with van der Waals surface area (Å²) in [6.07, 6.45) is 0. The number of halogens is 1. The molecule has 98 valence electrons. The second-order valence-electron chi connectivity index (χ2n) is 4.15. The molecule has 1 rings (SSSR count). The average Bonchev–Trinajstić information content (AvgIpc) is 2.29. The number of hydrogen-bond donors (Lipinski definition) is 2. The zero-order chi connectivity index (χ0) is 13.7. The van der Waals surface area contributed by atoms with Gasteiger partial charge in [-0.25, -0.2) is 0 Å². The van der Waals surface area contributed by atoms with Gasteiger partial charge in [0.15, 0.2) is 5.11 Å². The maximum Gasteiger partial charge on any atom is 0.271 e. The molecule has 0 aliphatic heterocycles. The van der Waals surface area contributed by atoms with Crippen LogP contribution >= 0.6 is 23.8 Å². The Balaban J connectivity index is 2.74. The molecule has 5 nitrogen and oxygen atoms in total. The zero-order valence-electron chi connectivity index (χ0n) is 10.1. The van der Waals surface area contributed by atoms with Crippen LogP contribution in [0.15, 0.2) is 18.2 Å². The minimum atomic E-state index is -0.480. The van der Waals surface area contributed by atoms with Gasteiger partial charge < -0.3 is 10.6 Å².